The van der Waals surface area contributed by atoms with Crippen LogP contribution in [-0.2, 0) is 14.9 Å². The van der Waals surface area contributed by atoms with Gasteiger partial charge in [0.25, 0.3) is 6.47 Å². The fourth-order valence-corrected chi connectivity index (χ4v) is 1.41. The van der Waals surface area contributed by atoms with Crippen LogP contribution in [0, 0.1) is 0 Å². The maximum atomic E-state index is 10.6. The van der Waals surface area contributed by atoms with Gasteiger partial charge in [-0.3, -0.25) is 4.79 Å². The van der Waals surface area contributed by atoms with Crippen LogP contribution in [0.1, 0.15) is 0 Å². The van der Waals surface area contributed by atoms with E-state index in [1.165, 1.54) is 18.2 Å². The fraction of sp³-hybridized carbons (Fsp3) is 0. The first-order chi connectivity index (χ1) is 6.05. The average molecular weight is 224 g/mol. The molecule has 7 heteroatoms. The summed E-state index contributed by atoms with van der Waals surface area (Å²) in [5.74, 6) is -0.257. The zero-order valence-electron chi connectivity index (χ0n) is 7.34. The van der Waals surface area contributed by atoms with E-state index >= 15 is 0 Å². The summed E-state index contributed by atoms with van der Waals surface area (Å²) in [5, 5.41) is 0. The van der Waals surface area contributed by atoms with Crippen molar-refractivity contribution in [3.8, 4) is 5.75 Å². The molecule has 0 aliphatic heterocycles. The summed E-state index contributed by atoms with van der Waals surface area (Å²) in [6.07, 6.45) is 0. The number of carbonyl (C=O) groups is 1. The first kappa shape index (κ1) is 13.6. The van der Waals surface area contributed by atoms with Crippen LogP contribution in [0.5, 0.6) is 5.75 Å². The zero-order valence-corrected chi connectivity index (χ0v) is 10.2. The molecule has 0 bridgehead atoms. The minimum atomic E-state index is -4.59. The molecule has 0 atom stereocenters. The van der Waals surface area contributed by atoms with Gasteiger partial charge in [0.1, 0.15) is 15.9 Å². The van der Waals surface area contributed by atoms with E-state index in [9.17, 15) is 17.8 Å². The van der Waals surface area contributed by atoms with Gasteiger partial charge in [0.2, 0.25) is 0 Å². The van der Waals surface area contributed by atoms with Crippen molar-refractivity contribution in [1.82, 2.24) is 0 Å². The molecule has 0 amide bonds. The van der Waals surface area contributed by atoms with Gasteiger partial charge >= 0.3 is 29.6 Å². The third-order valence-electron chi connectivity index (χ3n) is 1.29. The summed E-state index contributed by atoms with van der Waals surface area (Å²) >= 11 is 0. The molecule has 1 rings (SSSR count). The van der Waals surface area contributed by atoms with Crippen molar-refractivity contribution in [2.45, 2.75) is 4.90 Å². The summed E-state index contributed by atoms with van der Waals surface area (Å²) in [7, 11) is -4.59. The molecular formula is C7H5NaO5S. The monoisotopic (exact) mass is 224 g/mol. The Labute approximate surface area is 103 Å². The van der Waals surface area contributed by atoms with Crippen LogP contribution in [0.25, 0.3) is 0 Å². The van der Waals surface area contributed by atoms with Gasteiger partial charge in [-0.1, -0.05) is 12.1 Å². The largest absolute Gasteiger partial charge is 1.00 e. The third kappa shape index (κ3) is 3.39. The van der Waals surface area contributed by atoms with E-state index in [-0.39, 0.29) is 41.8 Å². The van der Waals surface area contributed by atoms with Crippen LogP contribution in [0.3, 0.4) is 0 Å². The molecule has 0 aliphatic carbocycles. The van der Waals surface area contributed by atoms with Crippen molar-refractivity contribution in [2.75, 3.05) is 0 Å². The van der Waals surface area contributed by atoms with Crippen molar-refractivity contribution >= 4 is 16.6 Å². The van der Waals surface area contributed by atoms with Crippen LogP contribution < -0.4 is 34.3 Å². The quantitative estimate of drug-likeness (QED) is 0.313. The van der Waals surface area contributed by atoms with Crippen LogP contribution in [-0.4, -0.2) is 19.4 Å². The molecule has 0 fully saturated rings. The normalized spacial score (nSPS) is 10.1. The Kier molecular flexibility index (Phi) is 5.32. The summed E-state index contributed by atoms with van der Waals surface area (Å²) in [5.41, 5.74) is 0. The maximum Gasteiger partial charge on any atom is 1.00 e. The number of para-hydroxylation sites is 1. The van der Waals surface area contributed by atoms with Gasteiger partial charge in [-0.15, -0.1) is 0 Å². The van der Waals surface area contributed by atoms with Crippen LogP contribution in [0.2, 0.25) is 0 Å². The van der Waals surface area contributed by atoms with Crippen LogP contribution >= 0.6 is 0 Å². The van der Waals surface area contributed by atoms with Crippen LogP contribution in [0.4, 0.5) is 0 Å². The minimum Gasteiger partial charge on any atom is -0.744 e. The Morgan fingerprint density at radius 1 is 1.29 bits per heavy atom. The molecule has 70 valence electrons. The van der Waals surface area contributed by atoms with Gasteiger partial charge in [0.05, 0.1) is 4.90 Å². The number of ether oxygens (including phenoxy) is 1. The molecule has 0 aromatic heterocycles. The second kappa shape index (κ2) is 5.47. The van der Waals surface area contributed by atoms with Crippen molar-refractivity contribution in [3.63, 3.8) is 0 Å². The van der Waals surface area contributed by atoms with E-state index in [1.54, 1.807) is 0 Å². The van der Waals surface area contributed by atoms with Crippen molar-refractivity contribution in [3.05, 3.63) is 24.3 Å². The first-order valence-electron chi connectivity index (χ1n) is 3.21. The molecule has 0 N–H and O–H groups in total. The second-order valence-corrected chi connectivity index (χ2v) is 3.46. The Balaban J connectivity index is 0.00000169. The van der Waals surface area contributed by atoms with E-state index in [2.05, 4.69) is 4.74 Å². The molecule has 0 radical (unpaired) electrons. The van der Waals surface area contributed by atoms with Gasteiger partial charge in [-0.2, -0.15) is 0 Å². The van der Waals surface area contributed by atoms with Gasteiger partial charge < -0.3 is 9.29 Å². The fourth-order valence-electron chi connectivity index (χ4n) is 0.806. The zero-order chi connectivity index (χ0) is 9.90. The van der Waals surface area contributed by atoms with Crippen molar-refractivity contribution < 1.29 is 52.1 Å². The van der Waals surface area contributed by atoms with Crippen LogP contribution in [0.15, 0.2) is 29.2 Å². The van der Waals surface area contributed by atoms with E-state index in [4.69, 9.17) is 0 Å². The van der Waals surface area contributed by atoms with Crippen molar-refractivity contribution in [2.24, 2.45) is 0 Å². The smallest absolute Gasteiger partial charge is 0.744 e. The molecule has 0 saturated heterocycles. The second-order valence-electron chi connectivity index (χ2n) is 2.11. The third-order valence-corrected chi connectivity index (χ3v) is 2.17. The Morgan fingerprint density at radius 3 is 2.36 bits per heavy atom. The first-order valence-corrected chi connectivity index (χ1v) is 4.62. The van der Waals surface area contributed by atoms with E-state index in [1.807, 2.05) is 0 Å². The molecule has 0 saturated carbocycles. The number of carbonyl (C=O) groups excluding carboxylic acids is 1. The molecule has 1 aromatic carbocycles. The number of benzene rings is 1. The Bertz CT molecular complexity index is 414. The van der Waals surface area contributed by atoms with Gasteiger partial charge in [0.15, 0.2) is 0 Å². The van der Waals surface area contributed by atoms with E-state index < -0.39 is 15.0 Å². The van der Waals surface area contributed by atoms with Crippen molar-refractivity contribution in [1.29, 1.82) is 0 Å². The maximum absolute atomic E-state index is 10.6. The SMILES string of the molecule is O=COc1ccccc1S(=O)(=O)[O-].[Na+]. The summed E-state index contributed by atoms with van der Waals surface area (Å²) in [6, 6.07) is 5.11. The number of rotatable bonds is 3. The Hall–Kier alpha value is -0.400. The average Bonchev–Trinajstić information content (AvgIpc) is 2.04. The predicted octanol–water partition coefficient (Wildman–Crippen LogP) is -2.87. The number of hydrogen-bond donors (Lipinski definition) is 0. The standard InChI is InChI=1S/C7H6O5S.Na/c8-5-12-6-3-1-2-4-7(6)13(9,10)11;/h1-5H,(H,9,10,11);/q;+1/p-1. The molecular weight excluding hydrogens is 219 g/mol. The molecule has 0 unspecified atom stereocenters. The molecule has 5 nitrogen and oxygen atoms in total. The van der Waals surface area contributed by atoms with Gasteiger partial charge in [-0.05, 0) is 12.1 Å². The molecule has 14 heavy (non-hydrogen) atoms. The molecule has 1 aromatic rings. The molecule has 0 spiro atoms. The minimum absolute atomic E-state index is 0. The molecule has 0 heterocycles. The Morgan fingerprint density at radius 2 is 1.86 bits per heavy atom. The number of hydrogen-bond acceptors (Lipinski definition) is 5. The topological polar surface area (TPSA) is 83.5 Å². The van der Waals surface area contributed by atoms with Gasteiger partial charge in [0, 0.05) is 0 Å². The van der Waals surface area contributed by atoms with E-state index in [0.29, 0.717) is 0 Å². The summed E-state index contributed by atoms with van der Waals surface area (Å²) < 4.78 is 36.0. The predicted molar refractivity (Wildman–Crippen MR) is 41.1 cm³/mol. The summed E-state index contributed by atoms with van der Waals surface area (Å²) in [6.45, 7) is 0.0595. The van der Waals surface area contributed by atoms with Gasteiger partial charge in [-0.25, -0.2) is 8.42 Å². The molecule has 0 aliphatic rings. The summed E-state index contributed by atoms with van der Waals surface area (Å²) in [4.78, 5) is 9.39. The van der Waals surface area contributed by atoms with E-state index in [0.717, 1.165) is 6.07 Å².